The molecule has 0 aliphatic carbocycles. The minimum atomic E-state index is -0.159. The van der Waals surface area contributed by atoms with E-state index < -0.39 is 0 Å². The maximum Gasteiger partial charge on any atom is 0.260 e. The van der Waals surface area contributed by atoms with Crippen molar-refractivity contribution in [2.75, 3.05) is 30.7 Å². The maximum absolute atomic E-state index is 12.1. The molecule has 21 heavy (non-hydrogen) atoms. The maximum atomic E-state index is 12.1. The van der Waals surface area contributed by atoms with Gasteiger partial charge in [0.2, 0.25) is 5.95 Å². The van der Waals surface area contributed by atoms with Crippen molar-refractivity contribution in [3.63, 3.8) is 0 Å². The van der Waals surface area contributed by atoms with Gasteiger partial charge in [0.05, 0.1) is 10.9 Å². The molecule has 0 bridgehead atoms. The summed E-state index contributed by atoms with van der Waals surface area (Å²) >= 11 is 0. The number of benzene rings is 1. The molecule has 1 fully saturated rings. The van der Waals surface area contributed by atoms with Crippen LogP contribution in [-0.2, 0) is 0 Å². The van der Waals surface area contributed by atoms with Crippen LogP contribution in [0.15, 0.2) is 23.0 Å². The summed E-state index contributed by atoms with van der Waals surface area (Å²) in [6, 6.07) is 5.70. The molecule has 6 heteroatoms. The van der Waals surface area contributed by atoms with E-state index in [4.69, 9.17) is 5.73 Å². The van der Waals surface area contributed by atoms with Gasteiger partial charge in [0, 0.05) is 18.3 Å². The molecule has 2 heterocycles. The zero-order valence-electron chi connectivity index (χ0n) is 12.2. The fourth-order valence-corrected chi connectivity index (χ4v) is 3.00. The van der Waals surface area contributed by atoms with Gasteiger partial charge in [-0.05, 0) is 44.1 Å². The largest absolute Gasteiger partial charge is 0.399 e. The summed E-state index contributed by atoms with van der Waals surface area (Å²) in [5.41, 5.74) is 6.77. The highest BCUT2D eigenvalue weighted by molar-refractivity contribution is 5.81. The number of rotatable bonds is 4. The predicted molar refractivity (Wildman–Crippen MR) is 85.5 cm³/mol. The van der Waals surface area contributed by atoms with Crippen LogP contribution in [0, 0.1) is 0 Å². The zero-order chi connectivity index (χ0) is 14.8. The van der Waals surface area contributed by atoms with Crippen LogP contribution >= 0.6 is 0 Å². The van der Waals surface area contributed by atoms with Crippen LogP contribution in [0.3, 0.4) is 0 Å². The molecule has 1 unspecified atom stereocenters. The van der Waals surface area contributed by atoms with E-state index in [1.54, 1.807) is 18.2 Å². The number of nitrogens with zero attached hydrogens (tertiary/aromatic N) is 2. The standard InChI is InChI=1S/C15H21N5O/c1-2-20-7-3-4-11(20)9-17-15-18-13-6-5-10(16)8-12(13)14(21)19-15/h5-6,8,11H,2-4,7,9,16H2,1H3,(H2,17,18,19,21). The lowest BCUT2D eigenvalue weighted by atomic mass is 10.2. The number of nitrogen functional groups attached to an aromatic ring is 1. The van der Waals surface area contributed by atoms with E-state index in [0.29, 0.717) is 28.6 Å². The van der Waals surface area contributed by atoms with Gasteiger partial charge in [-0.1, -0.05) is 6.92 Å². The normalized spacial score (nSPS) is 19.2. The molecule has 3 rings (SSSR count). The molecular weight excluding hydrogens is 266 g/mol. The predicted octanol–water partition coefficient (Wildman–Crippen LogP) is 1.40. The molecule has 1 saturated heterocycles. The number of aromatic amines is 1. The second kappa shape index (κ2) is 5.73. The topological polar surface area (TPSA) is 87.0 Å². The average molecular weight is 287 g/mol. The Hall–Kier alpha value is -2.08. The number of hydrogen-bond donors (Lipinski definition) is 3. The number of aromatic nitrogens is 2. The molecule has 1 aliphatic heterocycles. The van der Waals surface area contributed by atoms with E-state index in [2.05, 4.69) is 27.1 Å². The van der Waals surface area contributed by atoms with Crippen molar-refractivity contribution in [3.8, 4) is 0 Å². The highest BCUT2D eigenvalue weighted by atomic mass is 16.1. The number of likely N-dealkylation sites (tertiary alicyclic amines) is 1. The van der Waals surface area contributed by atoms with E-state index in [-0.39, 0.29) is 5.56 Å². The highest BCUT2D eigenvalue weighted by Crippen LogP contribution is 2.17. The minimum Gasteiger partial charge on any atom is -0.399 e. The number of nitrogens with one attached hydrogen (secondary N) is 2. The summed E-state index contributed by atoms with van der Waals surface area (Å²) in [6.45, 7) is 5.20. The molecule has 1 aromatic heterocycles. The van der Waals surface area contributed by atoms with Gasteiger partial charge in [0.1, 0.15) is 0 Å². The van der Waals surface area contributed by atoms with Crippen LogP contribution in [0.2, 0.25) is 0 Å². The second-order valence-corrected chi connectivity index (χ2v) is 5.50. The Bertz CT molecular complexity index is 696. The molecule has 0 amide bonds. The van der Waals surface area contributed by atoms with E-state index >= 15 is 0 Å². The van der Waals surface area contributed by atoms with Crippen molar-refractivity contribution in [3.05, 3.63) is 28.6 Å². The second-order valence-electron chi connectivity index (χ2n) is 5.50. The third-order valence-electron chi connectivity index (χ3n) is 4.14. The molecule has 0 saturated carbocycles. The Morgan fingerprint density at radius 1 is 1.52 bits per heavy atom. The number of nitrogens with two attached hydrogens (primary N) is 1. The van der Waals surface area contributed by atoms with Gasteiger partial charge in [-0.15, -0.1) is 0 Å². The molecule has 4 N–H and O–H groups in total. The molecule has 2 aromatic rings. The summed E-state index contributed by atoms with van der Waals surface area (Å²) in [5, 5.41) is 3.78. The van der Waals surface area contributed by atoms with Crippen LogP contribution in [0.1, 0.15) is 19.8 Å². The minimum absolute atomic E-state index is 0.159. The lowest BCUT2D eigenvalue weighted by Gasteiger charge is -2.22. The third kappa shape index (κ3) is 2.85. The van der Waals surface area contributed by atoms with Gasteiger partial charge < -0.3 is 11.1 Å². The van der Waals surface area contributed by atoms with Crippen LogP contribution in [0.5, 0.6) is 0 Å². The Balaban J connectivity index is 1.78. The number of likely N-dealkylation sites (N-methyl/N-ethyl adjacent to an activating group) is 1. The van der Waals surface area contributed by atoms with Gasteiger partial charge in [-0.2, -0.15) is 0 Å². The summed E-state index contributed by atoms with van der Waals surface area (Å²) in [4.78, 5) is 21.7. The molecule has 0 spiro atoms. The molecule has 1 aromatic carbocycles. The summed E-state index contributed by atoms with van der Waals surface area (Å²) in [6.07, 6.45) is 2.43. The lowest BCUT2D eigenvalue weighted by Crippen LogP contribution is -2.35. The monoisotopic (exact) mass is 287 g/mol. The average Bonchev–Trinajstić information content (AvgIpc) is 2.93. The van der Waals surface area contributed by atoms with Crippen LogP contribution in [-0.4, -0.2) is 40.5 Å². The van der Waals surface area contributed by atoms with E-state index in [9.17, 15) is 4.79 Å². The fraction of sp³-hybridized carbons (Fsp3) is 0.467. The first kappa shape index (κ1) is 13.9. The first-order valence-corrected chi connectivity index (χ1v) is 7.45. The van der Waals surface area contributed by atoms with Crippen LogP contribution in [0.4, 0.5) is 11.6 Å². The van der Waals surface area contributed by atoms with Crippen molar-refractivity contribution < 1.29 is 0 Å². The Morgan fingerprint density at radius 3 is 3.19 bits per heavy atom. The van der Waals surface area contributed by atoms with Gasteiger partial charge in [0.25, 0.3) is 5.56 Å². The quantitative estimate of drug-likeness (QED) is 0.740. The van der Waals surface area contributed by atoms with Gasteiger partial charge in [0.15, 0.2) is 0 Å². The van der Waals surface area contributed by atoms with Crippen molar-refractivity contribution in [1.82, 2.24) is 14.9 Å². The van der Waals surface area contributed by atoms with Crippen molar-refractivity contribution in [2.24, 2.45) is 0 Å². The van der Waals surface area contributed by atoms with Crippen LogP contribution < -0.4 is 16.6 Å². The van der Waals surface area contributed by atoms with E-state index in [0.717, 1.165) is 19.6 Å². The van der Waals surface area contributed by atoms with Gasteiger partial charge in [-0.3, -0.25) is 14.7 Å². The van der Waals surface area contributed by atoms with Crippen molar-refractivity contribution in [1.29, 1.82) is 0 Å². The highest BCUT2D eigenvalue weighted by Gasteiger charge is 2.22. The number of fused-ring (bicyclic) bond motifs is 1. The third-order valence-corrected chi connectivity index (χ3v) is 4.14. The van der Waals surface area contributed by atoms with E-state index in [1.807, 2.05) is 0 Å². The number of hydrogen-bond acceptors (Lipinski definition) is 5. The lowest BCUT2D eigenvalue weighted by molar-refractivity contribution is 0.277. The fourth-order valence-electron chi connectivity index (χ4n) is 3.00. The van der Waals surface area contributed by atoms with Gasteiger partial charge in [-0.25, -0.2) is 4.98 Å². The van der Waals surface area contributed by atoms with Crippen molar-refractivity contribution >= 4 is 22.5 Å². The Kier molecular flexibility index (Phi) is 3.79. The first-order chi connectivity index (χ1) is 10.2. The number of anilines is 2. The Labute approximate surface area is 123 Å². The summed E-state index contributed by atoms with van der Waals surface area (Å²) in [5.74, 6) is 0.528. The summed E-state index contributed by atoms with van der Waals surface area (Å²) < 4.78 is 0. The molecule has 1 atom stereocenters. The Morgan fingerprint density at radius 2 is 2.38 bits per heavy atom. The molecule has 6 nitrogen and oxygen atoms in total. The molecular formula is C15H21N5O. The van der Waals surface area contributed by atoms with Crippen molar-refractivity contribution in [2.45, 2.75) is 25.8 Å². The van der Waals surface area contributed by atoms with Crippen LogP contribution in [0.25, 0.3) is 10.9 Å². The molecule has 1 aliphatic rings. The summed E-state index contributed by atoms with van der Waals surface area (Å²) in [7, 11) is 0. The molecule has 0 radical (unpaired) electrons. The zero-order valence-corrected chi connectivity index (χ0v) is 12.2. The SMILES string of the molecule is CCN1CCCC1CNc1nc2ccc(N)cc2c(=O)[nH]1. The smallest absolute Gasteiger partial charge is 0.260 e. The number of H-pyrrole nitrogens is 1. The molecule has 112 valence electrons. The van der Waals surface area contributed by atoms with Gasteiger partial charge >= 0.3 is 0 Å². The van der Waals surface area contributed by atoms with E-state index in [1.165, 1.54) is 12.8 Å². The first-order valence-electron chi connectivity index (χ1n) is 7.45.